The molecule has 0 amide bonds. The van der Waals surface area contributed by atoms with Crippen LogP contribution < -0.4 is 10.6 Å². The van der Waals surface area contributed by atoms with Crippen molar-refractivity contribution in [2.75, 3.05) is 32.0 Å². The largest absolute Gasteiger partial charge is 0.399 e. The van der Waals surface area contributed by atoms with Gasteiger partial charge in [0.2, 0.25) is 0 Å². The molecule has 0 bridgehead atoms. The number of hydrogen-bond acceptors (Lipinski definition) is 5. The smallest absolute Gasteiger partial charge is 0.255 e. The van der Waals surface area contributed by atoms with Crippen LogP contribution in [-0.4, -0.2) is 39.7 Å². The average molecular weight is 415 g/mol. The summed E-state index contributed by atoms with van der Waals surface area (Å²) in [5.41, 5.74) is 6.13. The van der Waals surface area contributed by atoms with Gasteiger partial charge in [0.15, 0.2) is 0 Å². The minimum absolute atomic E-state index is 0.133. The zero-order valence-corrected chi connectivity index (χ0v) is 13.9. The van der Waals surface area contributed by atoms with E-state index in [1.165, 1.54) is 0 Å². The standard InChI is InChI=1S/C10H13Br2N3O3S/c11-8-5-7(13)6-9(12)10(8)19(16,17)14-15-1-3-18-4-2-15/h5-6,14H,1-4,13H2. The van der Waals surface area contributed by atoms with Gasteiger partial charge < -0.3 is 10.5 Å². The predicted molar refractivity (Wildman–Crippen MR) is 79.0 cm³/mol. The van der Waals surface area contributed by atoms with Gasteiger partial charge in [-0.3, -0.25) is 0 Å². The molecule has 9 heteroatoms. The average Bonchev–Trinajstić information content (AvgIpc) is 2.27. The van der Waals surface area contributed by atoms with Crippen LogP contribution in [0.3, 0.4) is 0 Å². The van der Waals surface area contributed by atoms with Gasteiger partial charge in [-0.15, -0.1) is 4.83 Å². The normalized spacial score (nSPS) is 17.6. The molecule has 1 aromatic rings. The van der Waals surface area contributed by atoms with Gasteiger partial charge in [-0.25, -0.2) is 13.4 Å². The lowest BCUT2D eigenvalue weighted by atomic mass is 10.3. The van der Waals surface area contributed by atoms with E-state index in [1.807, 2.05) is 0 Å². The Hall–Kier alpha value is -0.190. The number of anilines is 1. The number of halogens is 2. The number of ether oxygens (including phenoxy) is 1. The van der Waals surface area contributed by atoms with E-state index in [2.05, 4.69) is 36.7 Å². The summed E-state index contributed by atoms with van der Waals surface area (Å²) in [5.74, 6) is 0. The molecule has 0 aromatic heterocycles. The van der Waals surface area contributed by atoms with Crippen LogP contribution in [0, 0.1) is 0 Å². The van der Waals surface area contributed by atoms with E-state index >= 15 is 0 Å². The first kappa shape index (κ1) is 15.2. The van der Waals surface area contributed by atoms with Crippen molar-refractivity contribution in [3.05, 3.63) is 21.1 Å². The summed E-state index contributed by atoms with van der Waals surface area (Å²) < 4.78 is 30.7. The first-order chi connectivity index (χ1) is 8.90. The van der Waals surface area contributed by atoms with E-state index in [9.17, 15) is 8.42 Å². The second-order valence-electron chi connectivity index (χ2n) is 4.01. The Morgan fingerprint density at radius 2 is 1.74 bits per heavy atom. The van der Waals surface area contributed by atoms with Crippen molar-refractivity contribution < 1.29 is 13.2 Å². The third-order valence-corrected chi connectivity index (χ3v) is 5.80. The van der Waals surface area contributed by atoms with Gasteiger partial charge in [0.1, 0.15) is 4.90 Å². The van der Waals surface area contributed by atoms with Crippen LogP contribution in [0.25, 0.3) is 0 Å². The van der Waals surface area contributed by atoms with Crippen molar-refractivity contribution in [3.63, 3.8) is 0 Å². The molecule has 0 aliphatic carbocycles. The summed E-state index contributed by atoms with van der Waals surface area (Å²) in [6.45, 7) is 2.05. The van der Waals surface area contributed by atoms with E-state index in [-0.39, 0.29) is 4.90 Å². The topological polar surface area (TPSA) is 84.7 Å². The Kier molecular flexibility index (Phi) is 4.85. The first-order valence-corrected chi connectivity index (χ1v) is 8.57. The molecule has 0 spiro atoms. The Balaban J connectivity index is 2.29. The van der Waals surface area contributed by atoms with Gasteiger partial charge in [-0.2, -0.15) is 0 Å². The Morgan fingerprint density at radius 1 is 1.21 bits per heavy atom. The minimum atomic E-state index is -3.67. The highest BCUT2D eigenvalue weighted by Crippen LogP contribution is 2.32. The summed E-state index contributed by atoms with van der Waals surface area (Å²) in [6, 6.07) is 3.11. The molecule has 0 radical (unpaired) electrons. The number of nitrogen functional groups attached to an aromatic ring is 1. The quantitative estimate of drug-likeness (QED) is 0.728. The summed E-state index contributed by atoms with van der Waals surface area (Å²) in [4.78, 5) is 2.67. The van der Waals surface area contributed by atoms with Crippen molar-refractivity contribution in [1.82, 2.24) is 9.84 Å². The first-order valence-electron chi connectivity index (χ1n) is 5.50. The van der Waals surface area contributed by atoms with Gasteiger partial charge in [-0.05, 0) is 44.0 Å². The summed E-state index contributed by atoms with van der Waals surface area (Å²) in [7, 11) is -3.67. The van der Waals surface area contributed by atoms with Gasteiger partial charge in [-0.1, -0.05) is 0 Å². The molecule has 19 heavy (non-hydrogen) atoms. The zero-order chi connectivity index (χ0) is 14.0. The molecule has 0 saturated carbocycles. The predicted octanol–water partition coefficient (Wildman–Crippen LogP) is 1.32. The fourth-order valence-electron chi connectivity index (χ4n) is 1.71. The van der Waals surface area contributed by atoms with Gasteiger partial charge in [0.25, 0.3) is 10.0 Å². The van der Waals surface area contributed by atoms with Crippen molar-refractivity contribution in [1.29, 1.82) is 0 Å². The maximum Gasteiger partial charge on any atom is 0.255 e. The molecular weight excluding hydrogens is 402 g/mol. The highest BCUT2D eigenvalue weighted by molar-refractivity contribution is 9.11. The summed E-state index contributed by atoms with van der Waals surface area (Å²) in [5, 5.41) is 1.62. The van der Waals surface area contributed by atoms with Gasteiger partial charge in [0, 0.05) is 27.7 Å². The number of hydrazine groups is 1. The summed E-state index contributed by atoms with van der Waals surface area (Å²) >= 11 is 6.45. The highest BCUT2D eigenvalue weighted by atomic mass is 79.9. The molecule has 1 fully saturated rings. The lowest BCUT2D eigenvalue weighted by Crippen LogP contribution is -2.48. The fraction of sp³-hybridized carbons (Fsp3) is 0.400. The molecule has 0 unspecified atom stereocenters. The second-order valence-corrected chi connectivity index (χ2v) is 7.31. The third-order valence-electron chi connectivity index (χ3n) is 2.55. The number of rotatable bonds is 3. The van der Waals surface area contributed by atoms with Crippen LogP contribution >= 0.6 is 31.9 Å². The van der Waals surface area contributed by atoms with E-state index in [0.29, 0.717) is 40.9 Å². The van der Waals surface area contributed by atoms with E-state index in [0.717, 1.165) is 0 Å². The molecule has 1 aliphatic heterocycles. The molecular formula is C10H13Br2N3O3S. The van der Waals surface area contributed by atoms with Crippen LogP contribution in [0.4, 0.5) is 5.69 Å². The molecule has 6 nitrogen and oxygen atoms in total. The van der Waals surface area contributed by atoms with Crippen LogP contribution in [0.2, 0.25) is 0 Å². The number of benzene rings is 1. The number of nitrogens with two attached hydrogens (primary N) is 1. The van der Waals surface area contributed by atoms with E-state index in [1.54, 1.807) is 17.1 Å². The number of sulfonamides is 1. The lowest BCUT2D eigenvalue weighted by molar-refractivity contribution is 0.0272. The monoisotopic (exact) mass is 413 g/mol. The van der Waals surface area contributed by atoms with E-state index < -0.39 is 10.0 Å². The van der Waals surface area contributed by atoms with Crippen molar-refractivity contribution >= 4 is 47.6 Å². The molecule has 1 saturated heterocycles. The van der Waals surface area contributed by atoms with Gasteiger partial charge >= 0.3 is 0 Å². The Labute approximate surface area is 128 Å². The minimum Gasteiger partial charge on any atom is -0.399 e. The van der Waals surface area contributed by atoms with Crippen LogP contribution in [0.5, 0.6) is 0 Å². The molecule has 1 heterocycles. The number of morpholine rings is 1. The Bertz CT molecular complexity index is 550. The number of hydrogen-bond donors (Lipinski definition) is 2. The maximum atomic E-state index is 12.4. The Morgan fingerprint density at radius 3 is 2.26 bits per heavy atom. The zero-order valence-electron chi connectivity index (χ0n) is 9.90. The number of nitrogens with one attached hydrogen (secondary N) is 1. The van der Waals surface area contributed by atoms with Crippen LogP contribution in [0.15, 0.2) is 26.0 Å². The molecule has 1 aliphatic rings. The molecule has 0 atom stereocenters. The van der Waals surface area contributed by atoms with E-state index in [4.69, 9.17) is 10.5 Å². The van der Waals surface area contributed by atoms with Gasteiger partial charge in [0.05, 0.1) is 13.2 Å². The lowest BCUT2D eigenvalue weighted by Gasteiger charge is -2.27. The van der Waals surface area contributed by atoms with Crippen LogP contribution in [-0.2, 0) is 14.8 Å². The maximum absolute atomic E-state index is 12.4. The number of nitrogens with zero attached hydrogens (tertiary/aromatic N) is 1. The van der Waals surface area contributed by atoms with Crippen molar-refractivity contribution in [2.24, 2.45) is 0 Å². The molecule has 3 N–H and O–H groups in total. The highest BCUT2D eigenvalue weighted by Gasteiger charge is 2.25. The third kappa shape index (κ3) is 3.67. The van der Waals surface area contributed by atoms with Crippen molar-refractivity contribution in [2.45, 2.75) is 4.90 Å². The molecule has 2 rings (SSSR count). The molecule has 1 aromatic carbocycles. The SMILES string of the molecule is Nc1cc(Br)c(S(=O)(=O)NN2CCOCC2)c(Br)c1. The summed E-state index contributed by atoms with van der Waals surface area (Å²) in [6.07, 6.45) is 0. The van der Waals surface area contributed by atoms with Crippen molar-refractivity contribution in [3.8, 4) is 0 Å². The molecule has 106 valence electrons. The fourth-order valence-corrected chi connectivity index (χ4v) is 5.45. The van der Waals surface area contributed by atoms with Crippen LogP contribution in [0.1, 0.15) is 0 Å². The second kappa shape index (κ2) is 6.06.